The van der Waals surface area contributed by atoms with Gasteiger partial charge in [-0.05, 0) is 39.8 Å². The zero-order valence-corrected chi connectivity index (χ0v) is 12.4. The summed E-state index contributed by atoms with van der Waals surface area (Å²) >= 11 is 0. The molecule has 1 aromatic rings. The molecule has 2 heterocycles. The fourth-order valence-corrected chi connectivity index (χ4v) is 2.89. The lowest BCUT2D eigenvalue weighted by Gasteiger charge is -2.31. The predicted octanol–water partition coefficient (Wildman–Crippen LogP) is 2.73. The Bertz CT molecular complexity index is 364. The largest absolute Gasteiger partial charge is 0.329 e. The normalized spacial score (nSPS) is 20.2. The van der Waals surface area contributed by atoms with E-state index in [1.54, 1.807) is 0 Å². The van der Waals surface area contributed by atoms with Crippen molar-refractivity contribution in [1.82, 2.24) is 14.7 Å². The van der Waals surface area contributed by atoms with Gasteiger partial charge < -0.3 is 5.73 Å². The van der Waals surface area contributed by atoms with Gasteiger partial charge in [0.25, 0.3) is 0 Å². The van der Waals surface area contributed by atoms with E-state index in [2.05, 4.69) is 30.0 Å². The lowest BCUT2D eigenvalue weighted by Crippen LogP contribution is -2.35. The van der Waals surface area contributed by atoms with Crippen LogP contribution in [0.25, 0.3) is 0 Å². The number of hydrogen-bond donors (Lipinski definition) is 1. The van der Waals surface area contributed by atoms with Crippen LogP contribution in [0.2, 0.25) is 0 Å². The van der Waals surface area contributed by atoms with Gasteiger partial charge in [0.2, 0.25) is 0 Å². The molecule has 19 heavy (non-hydrogen) atoms. The number of aromatic nitrogens is 2. The van der Waals surface area contributed by atoms with Gasteiger partial charge in [0.05, 0.1) is 12.2 Å². The van der Waals surface area contributed by atoms with Gasteiger partial charge in [-0.15, -0.1) is 0 Å². The summed E-state index contributed by atoms with van der Waals surface area (Å²) in [5.74, 6) is 0. The van der Waals surface area contributed by atoms with E-state index in [-0.39, 0.29) is 0 Å². The molecule has 0 radical (unpaired) electrons. The lowest BCUT2D eigenvalue weighted by atomic mass is 10.0. The van der Waals surface area contributed by atoms with Crippen molar-refractivity contribution in [2.24, 2.45) is 5.73 Å². The minimum Gasteiger partial charge on any atom is -0.329 e. The maximum Gasteiger partial charge on any atom is 0.0538 e. The molecule has 1 aliphatic heterocycles. The van der Waals surface area contributed by atoms with E-state index < -0.39 is 0 Å². The number of nitrogens with zero attached hydrogens (tertiary/aromatic N) is 3. The Hall–Kier alpha value is -0.870. The fourth-order valence-electron chi connectivity index (χ4n) is 2.89. The molecule has 0 aromatic carbocycles. The van der Waals surface area contributed by atoms with E-state index in [4.69, 9.17) is 5.73 Å². The highest BCUT2D eigenvalue weighted by Gasteiger charge is 2.21. The summed E-state index contributed by atoms with van der Waals surface area (Å²) in [4.78, 5) is 2.56. The molecule has 1 atom stereocenters. The van der Waals surface area contributed by atoms with E-state index in [1.165, 1.54) is 50.8 Å². The standard InChI is InChI=1S/C15H28N4/c1-13(2)19-12-14(11-17-19)15(10-16)18-8-6-4-3-5-7-9-18/h11-13,15H,3-10,16H2,1-2H3. The first-order valence-corrected chi connectivity index (χ1v) is 7.70. The Kier molecular flexibility index (Phi) is 5.40. The number of hydrogen-bond acceptors (Lipinski definition) is 3. The van der Waals surface area contributed by atoms with Gasteiger partial charge in [-0.2, -0.15) is 5.10 Å². The molecule has 4 nitrogen and oxygen atoms in total. The van der Waals surface area contributed by atoms with Crippen LogP contribution in [0, 0.1) is 0 Å². The summed E-state index contributed by atoms with van der Waals surface area (Å²) in [6.07, 6.45) is 10.9. The molecule has 0 aliphatic carbocycles. The van der Waals surface area contributed by atoms with E-state index in [1.807, 2.05) is 10.9 Å². The third kappa shape index (κ3) is 3.80. The number of rotatable bonds is 4. The molecule has 0 saturated carbocycles. The predicted molar refractivity (Wildman–Crippen MR) is 79.1 cm³/mol. The molecule has 1 saturated heterocycles. The molecule has 0 spiro atoms. The van der Waals surface area contributed by atoms with Crippen molar-refractivity contribution in [1.29, 1.82) is 0 Å². The van der Waals surface area contributed by atoms with E-state index >= 15 is 0 Å². The topological polar surface area (TPSA) is 47.1 Å². The van der Waals surface area contributed by atoms with Gasteiger partial charge in [0.1, 0.15) is 0 Å². The van der Waals surface area contributed by atoms with Crippen LogP contribution >= 0.6 is 0 Å². The van der Waals surface area contributed by atoms with Crippen molar-refractivity contribution >= 4 is 0 Å². The Morgan fingerprint density at radius 1 is 1.16 bits per heavy atom. The molecule has 1 fully saturated rings. The highest BCUT2D eigenvalue weighted by molar-refractivity contribution is 5.11. The SMILES string of the molecule is CC(C)n1cc(C(CN)N2CCCCCCC2)cn1. The van der Waals surface area contributed by atoms with Crippen LogP contribution in [0.15, 0.2) is 12.4 Å². The average molecular weight is 264 g/mol. The van der Waals surface area contributed by atoms with E-state index in [0.29, 0.717) is 18.6 Å². The summed E-state index contributed by atoms with van der Waals surface area (Å²) in [6.45, 7) is 7.35. The number of likely N-dealkylation sites (tertiary alicyclic amines) is 1. The lowest BCUT2D eigenvalue weighted by molar-refractivity contribution is 0.183. The summed E-state index contributed by atoms with van der Waals surface area (Å²) < 4.78 is 2.03. The summed E-state index contributed by atoms with van der Waals surface area (Å²) in [5, 5.41) is 4.46. The van der Waals surface area contributed by atoms with Crippen LogP contribution in [-0.4, -0.2) is 34.3 Å². The molecule has 4 heteroatoms. The quantitative estimate of drug-likeness (QED) is 0.909. The first-order chi connectivity index (χ1) is 9.22. The van der Waals surface area contributed by atoms with E-state index in [0.717, 1.165) is 0 Å². The molecule has 1 unspecified atom stereocenters. The maximum absolute atomic E-state index is 6.03. The minimum atomic E-state index is 0.339. The van der Waals surface area contributed by atoms with Crippen molar-refractivity contribution < 1.29 is 0 Å². The molecule has 1 aliphatic rings. The third-order valence-corrected chi connectivity index (χ3v) is 4.09. The van der Waals surface area contributed by atoms with E-state index in [9.17, 15) is 0 Å². The van der Waals surface area contributed by atoms with Gasteiger partial charge in [0.15, 0.2) is 0 Å². The van der Waals surface area contributed by atoms with Crippen LogP contribution in [0.3, 0.4) is 0 Å². The van der Waals surface area contributed by atoms with Crippen LogP contribution < -0.4 is 5.73 Å². The van der Waals surface area contributed by atoms with Crippen molar-refractivity contribution in [2.75, 3.05) is 19.6 Å². The van der Waals surface area contributed by atoms with Crippen LogP contribution in [0.4, 0.5) is 0 Å². The summed E-state index contributed by atoms with van der Waals surface area (Å²) in [7, 11) is 0. The molecule has 0 amide bonds. The van der Waals surface area contributed by atoms with Gasteiger partial charge in [-0.1, -0.05) is 19.3 Å². The molecule has 0 bridgehead atoms. The second-order valence-electron chi connectivity index (χ2n) is 5.90. The second kappa shape index (κ2) is 7.06. The molecule has 2 N–H and O–H groups in total. The maximum atomic E-state index is 6.03. The van der Waals surface area contributed by atoms with Crippen molar-refractivity contribution in [3.05, 3.63) is 18.0 Å². The molecule has 1 aromatic heterocycles. The highest BCUT2D eigenvalue weighted by Crippen LogP contribution is 2.23. The number of nitrogens with two attached hydrogens (primary N) is 1. The Morgan fingerprint density at radius 2 is 1.79 bits per heavy atom. The van der Waals surface area contributed by atoms with Crippen LogP contribution in [0.1, 0.15) is 63.6 Å². The highest BCUT2D eigenvalue weighted by atomic mass is 15.3. The Labute approximate surface area is 117 Å². The Balaban J connectivity index is 2.07. The van der Waals surface area contributed by atoms with Crippen molar-refractivity contribution in [3.8, 4) is 0 Å². The minimum absolute atomic E-state index is 0.339. The monoisotopic (exact) mass is 264 g/mol. The van der Waals surface area contributed by atoms with Gasteiger partial charge in [0, 0.05) is 24.3 Å². The third-order valence-electron chi connectivity index (χ3n) is 4.09. The average Bonchev–Trinajstić information content (AvgIpc) is 2.82. The molecule has 108 valence electrons. The summed E-state index contributed by atoms with van der Waals surface area (Å²) in [5.41, 5.74) is 7.31. The second-order valence-corrected chi connectivity index (χ2v) is 5.90. The fraction of sp³-hybridized carbons (Fsp3) is 0.800. The molecular formula is C15H28N4. The zero-order valence-electron chi connectivity index (χ0n) is 12.4. The molecule has 2 rings (SSSR count). The van der Waals surface area contributed by atoms with Crippen LogP contribution in [0.5, 0.6) is 0 Å². The Morgan fingerprint density at radius 3 is 2.32 bits per heavy atom. The zero-order chi connectivity index (χ0) is 13.7. The van der Waals surface area contributed by atoms with Crippen LogP contribution in [-0.2, 0) is 0 Å². The van der Waals surface area contributed by atoms with Gasteiger partial charge in [-0.3, -0.25) is 9.58 Å². The summed E-state index contributed by atoms with van der Waals surface area (Å²) in [6, 6.07) is 0.755. The first kappa shape index (κ1) is 14.5. The van der Waals surface area contributed by atoms with Gasteiger partial charge >= 0.3 is 0 Å². The first-order valence-electron chi connectivity index (χ1n) is 7.70. The van der Waals surface area contributed by atoms with Crippen molar-refractivity contribution in [3.63, 3.8) is 0 Å². The smallest absolute Gasteiger partial charge is 0.0538 e. The van der Waals surface area contributed by atoms with Crippen molar-refractivity contribution in [2.45, 2.75) is 58.0 Å². The molecular weight excluding hydrogens is 236 g/mol. The van der Waals surface area contributed by atoms with Gasteiger partial charge in [-0.25, -0.2) is 0 Å².